The van der Waals surface area contributed by atoms with Crippen LogP contribution in [-0.4, -0.2) is 8.75 Å². The number of hydrogen-bond donors (Lipinski definition) is 1. The highest BCUT2D eigenvalue weighted by Gasteiger charge is 2.19. The summed E-state index contributed by atoms with van der Waals surface area (Å²) >= 11 is 1.16. The zero-order valence-electron chi connectivity index (χ0n) is 11.5. The zero-order chi connectivity index (χ0) is 13.5. The molecule has 0 aliphatic heterocycles. The summed E-state index contributed by atoms with van der Waals surface area (Å²) in [5, 5.41) is 0. The molecule has 0 spiro atoms. The Hall–Kier alpha value is -1.42. The SMILES string of the molecule is Cc1cc(C(C)(C)C)cc(C)c1-c1nsnc1N. The van der Waals surface area contributed by atoms with E-state index in [1.165, 1.54) is 16.7 Å². The van der Waals surface area contributed by atoms with E-state index in [9.17, 15) is 0 Å². The largest absolute Gasteiger partial charge is 0.381 e. The summed E-state index contributed by atoms with van der Waals surface area (Å²) in [5.41, 5.74) is 11.7. The third-order valence-corrected chi connectivity index (χ3v) is 3.69. The molecule has 0 saturated carbocycles. The van der Waals surface area contributed by atoms with Crippen LogP contribution in [0.5, 0.6) is 0 Å². The van der Waals surface area contributed by atoms with Crippen LogP contribution in [0.3, 0.4) is 0 Å². The van der Waals surface area contributed by atoms with Gasteiger partial charge in [0, 0.05) is 5.56 Å². The first-order chi connectivity index (χ1) is 8.30. The summed E-state index contributed by atoms with van der Waals surface area (Å²) in [7, 11) is 0. The van der Waals surface area contributed by atoms with Gasteiger partial charge in [0.1, 0.15) is 5.69 Å². The number of benzene rings is 1. The maximum atomic E-state index is 5.87. The molecule has 2 rings (SSSR count). The Morgan fingerprint density at radius 3 is 2.00 bits per heavy atom. The summed E-state index contributed by atoms with van der Waals surface area (Å²) < 4.78 is 8.36. The summed E-state index contributed by atoms with van der Waals surface area (Å²) in [6.07, 6.45) is 0. The van der Waals surface area contributed by atoms with Gasteiger partial charge in [0.25, 0.3) is 0 Å². The maximum Gasteiger partial charge on any atom is 0.165 e. The fourth-order valence-corrected chi connectivity index (χ4v) is 2.62. The van der Waals surface area contributed by atoms with Crippen LogP contribution in [-0.2, 0) is 5.41 Å². The lowest BCUT2D eigenvalue weighted by molar-refractivity contribution is 0.589. The highest BCUT2D eigenvalue weighted by Crippen LogP contribution is 2.34. The third-order valence-electron chi connectivity index (χ3n) is 3.15. The van der Waals surface area contributed by atoms with Gasteiger partial charge < -0.3 is 5.73 Å². The molecule has 18 heavy (non-hydrogen) atoms. The van der Waals surface area contributed by atoms with Gasteiger partial charge in [-0.15, -0.1) is 0 Å². The number of hydrogen-bond acceptors (Lipinski definition) is 4. The average Bonchev–Trinajstić information content (AvgIpc) is 2.62. The molecule has 0 bridgehead atoms. The highest BCUT2D eigenvalue weighted by atomic mass is 32.1. The Labute approximate surface area is 112 Å². The van der Waals surface area contributed by atoms with Crippen molar-refractivity contribution in [3.05, 3.63) is 28.8 Å². The van der Waals surface area contributed by atoms with Crippen LogP contribution in [0.15, 0.2) is 12.1 Å². The predicted molar refractivity (Wildman–Crippen MR) is 77.9 cm³/mol. The number of aromatic nitrogens is 2. The summed E-state index contributed by atoms with van der Waals surface area (Å²) in [5.74, 6) is 0.523. The summed E-state index contributed by atoms with van der Waals surface area (Å²) in [6.45, 7) is 10.9. The van der Waals surface area contributed by atoms with Crippen molar-refractivity contribution < 1.29 is 0 Å². The second-order valence-corrected chi connectivity index (χ2v) is 6.26. The summed E-state index contributed by atoms with van der Waals surface area (Å²) in [4.78, 5) is 0. The topological polar surface area (TPSA) is 51.8 Å². The Morgan fingerprint density at radius 2 is 1.61 bits per heavy atom. The summed E-state index contributed by atoms with van der Waals surface area (Å²) in [6, 6.07) is 4.45. The van der Waals surface area contributed by atoms with E-state index >= 15 is 0 Å². The van der Waals surface area contributed by atoms with E-state index in [1.54, 1.807) is 0 Å². The second-order valence-electron chi connectivity index (χ2n) is 5.73. The first-order valence-electron chi connectivity index (χ1n) is 6.01. The molecule has 0 amide bonds. The van der Waals surface area contributed by atoms with E-state index in [0.717, 1.165) is 23.0 Å². The predicted octanol–water partition coefficient (Wildman–Crippen LogP) is 3.70. The monoisotopic (exact) mass is 261 g/mol. The third kappa shape index (κ3) is 2.25. The van der Waals surface area contributed by atoms with E-state index in [-0.39, 0.29) is 5.41 Å². The fourth-order valence-electron chi connectivity index (χ4n) is 2.14. The number of aryl methyl sites for hydroxylation is 2. The van der Waals surface area contributed by atoms with Crippen molar-refractivity contribution in [3.63, 3.8) is 0 Å². The molecule has 0 aliphatic carbocycles. The molecule has 96 valence electrons. The van der Waals surface area contributed by atoms with Crippen molar-refractivity contribution in [2.45, 2.75) is 40.0 Å². The smallest absolute Gasteiger partial charge is 0.165 e. The van der Waals surface area contributed by atoms with Crippen molar-refractivity contribution >= 4 is 17.5 Å². The molecule has 0 atom stereocenters. The lowest BCUT2D eigenvalue weighted by Crippen LogP contribution is -2.12. The highest BCUT2D eigenvalue weighted by molar-refractivity contribution is 6.99. The van der Waals surface area contributed by atoms with Crippen molar-refractivity contribution in [1.29, 1.82) is 0 Å². The molecule has 2 aromatic rings. The molecule has 1 aromatic carbocycles. The van der Waals surface area contributed by atoms with Crippen LogP contribution in [0.25, 0.3) is 11.3 Å². The lowest BCUT2D eigenvalue weighted by Gasteiger charge is -2.22. The van der Waals surface area contributed by atoms with E-state index in [0.29, 0.717) is 5.82 Å². The first kappa shape index (κ1) is 13.0. The van der Waals surface area contributed by atoms with Crippen molar-refractivity contribution in [2.75, 3.05) is 5.73 Å². The number of rotatable bonds is 1. The lowest BCUT2D eigenvalue weighted by atomic mass is 9.83. The molecule has 1 heterocycles. The Kier molecular flexibility index (Phi) is 3.15. The van der Waals surface area contributed by atoms with Gasteiger partial charge in [-0.3, -0.25) is 0 Å². The molecule has 4 heteroatoms. The maximum absolute atomic E-state index is 5.87. The number of nitrogens with zero attached hydrogens (tertiary/aromatic N) is 2. The molecule has 3 nitrogen and oxygen atoms in total. The zero-order valence-corrected chi connectivity index (χ0v) is 12.4. The van der Waals surface area contributed by atoms with Gasteiger partial charge >= 0.3 is 0 Å². The van der Waals surface area contributed by atoms with Crippen LogP contribution in [0.1, 0.15) is 37.5 Å². The van der Waals surface area contributed by atoms with E-state index < -0.39 is 0 Å². The van der Waals surface area contributed by atoms with E-state index in [4.69, 9.17) is 5.73 Å². The van der Waals surface area contributed by atoms with Crippen LogP contribution < -0.4 is 5.73 Å². The first-order valence-corrected chi connectivity index (χ1v) is 6.74. The standard InChI is InChI=1S/C14H19N3S/c1-8-6-10(14(3,4)5)7-9(2)11(8)12-13(15)17-18-16-12/h6-7H,1-5H3,(H2,15,17). The Balaban J connectivity index is 2.62. The van der Waals surface area contributed by atoms with Crippen LogP contribution in [0, 0.1) is 13.8 Å². The van der Waals surface area contributed by atoms with Crippen molar-refractivity contribution in [2.24, 2.45) is 0 Å². The van der Waals surface area contributed by atoms with Crippen LogP contribution >= 0.6 is 11.7 Å². The molecule has 0 unspecified atom stereocenters. The molecule has 0 aliphatic rings. The van der Waals surface area contributed by atoms with Gasteiger partial charge in [-0.25, -0.2) is 0 Å². The van der Waals surface area contributed by atoms with E-state index in [1.807, 2.05) is 0 Å². The minimum Gasteiger partial charge on any atom is -0.381 e. The van der Waals surface area contributed by atoms with Gasteiger partial charge in [0.2, 0.25) is 0 Å². The number of anilines is 1. The van der Waals surface area contributed by atoms with Gasteiger partial charge in [-0.2, -0.15) is 8.75 Å². The minimum absolute atomic E-state index is 0.153. The van der Waals surface area contributed by atoms with Gasteiger partial charge in [-0.05, 0) is 36.0 Å². The van der Waals surface area contributed by atoms with Gasteiger partial charge in [0.15, 0.2) is 5.82 Å². The fraction of sp³-hybridized carbons (Fsp3) is 0.429. The average molecular weight is 261 g/mol. The molecule has 1 aromatic heterocycles. The normalized spacial score (nSPS) is 11.8. The second kappa shape index (κ2) is 4.35. The van der Waals surface area contributed by atoms with Crippen molar-refractivity contribution in [1.82, 2.24) is 8.75 Å². The Morgan fingerprint density at radius 1 is 1.06 bits per heavy atom. The van der Waals surface area contributed by atoms with Gasteiger partial charge in [-0.1, -0.05) is 32.9 Å². The molecule has 0 saturated heterocycles. The molecular formula is C14H19N3S. The Bertz CT molecular complexity index is 556. The van der Waals surface area contributed by atoms with Crippen LogP contribution in [0.4, 0.5) is 5.82 Å². The molecule has 0 fully saturated rings. The van der Waals surface area contributed by atoms with Gasteiger partial charge in [0.05, 0.1) is 11.7 Å². The molecular weight excluding hydrogens is 242 g/mol. The molecule has 0 radical (unpaired) electrons. The van der Waals surface area contributed by atoms with E-state index in [2.05, 4.69) is 55.5 Å². The quantitative estimate of drug-likeness (QED) is 0.851. The number of nitrogens with two attached hydrogens (primary N) is 1. The molecule has 2 N–H and O–H groups in total. The number of nitrogen functional groups attached to an aromatic ring is 1. The van der Waals surface area contributed by atoms with Crippen molar-refractivity contribution in [3.8, 4) is 11.3 Å². The minimum atomic E-state index is 0.153. The van der Waals surface area contributed by atoms with Crippen LogP contribution in [0.2, 0.25) is 0 Å².